The standard InChI is InChI=1S/C13H14FN3S2/c1-17(6-11-7-19-8-16-11)5-9-2-3-10(14)4-12(9)13(15)18/h2-4,7-8H,5-6H2,1H3,(H2,15,18). The van der Waals surface area contributed by atoms with Gasteiger partial charge in [0.05, 0.1) is 11.2 Å². The molecule has 0 fully saturated rings. The molecule has 0 aliphatic heterocycles. The van der Waals surface area contributed by atoms with E-state index >= 15 is 0 Å². The van der Waals surface area contributed by atoms with Crippen molar-refractivity contribution in [2.24, 2.45) is 5.73 Å². The molecule has 0 saturated heterocycles. The van der Waals surface area contributed by atoms with E-state index in [0.717, 1.165) is 17.8 Å². The molecule has 0 saturated carbocycles. The highest BCUT2D eigenvalue weighted by molar-refractivity contribution is 7.80. The topological polar surface area (TPSA) is 42.2 Å². The van der Waals surface area contributed by atoms with Gasteiger partial charge in [0.25, 0.3) is 0 Å². The Balaban J connectivity index is 2.12. The molecule has 2 rings (SSSR count). The van der Waals surface area contributed by atoms with E-state index in [9.17, 15) is 4.39 Å². The number of halogens is 1. The molecule has 6 heteroatoms. The monoisotopic (exact) mass is 295 g/mol. The van der Waals surface area contributed by atoms with E-state index in [2.05, 4.69) is 9.88 Å². The van der Waals surface area contributed by atoms with Gasteiger partial charge in [0.2, 0.25) is 0 Å². The average Bonchev–Trinajstić information content (AvgIpc) is 2.83. The largest absolute Gasteiger partial charge is 0.389 e. The van der Waals surface area contributed by atoms with Crippen molar-refractivity contribution in [1.82, 2.24) is 9.88 Å². The van der Waals surface area contributed by atoms with Gasteiger partial charge in [0.1, 0.15) is 10.8 Å². The molecule has 0 atom stereocenters. The molecule has 1 aromatic heterocycles. The summed E-state index contributed by atoms with van der Waals surface area (Å²) in [5.41, 5.74) is 9.98. The Bertz CT molecular complexity index is 569. The molecule has 19 heavy (non-hydrogen) atoms. The molecule has 0 aliphatic carbocycles. The first-order valence-corrected chi connectivity index (χ1v) is 7.05. The molecule has 2 aromatic rings. The van der Waals surface area contributed by atoms with Crippen molar-refractivity contribution in [3.05, 3.63) is 51.7 Å². The zero-order valence-electron chi connectivity index (χ0n) is 10.5. The van der Waals surface area contributed by atoms with E-state index < -0.39 is 0 Å². The van der Waals surface area contributed by atoms with Crippen LogP contribution in [0.15, 0.2) is 29.1 Å². The highest BCUT2D eigenvalue weighted by Crippen LogP contribution is 2.15. The minimum Gasteiger partial charge on any atom is -0.389 e. The highest BCUT2D eigenvalue weighted by atomic mass is 32.1. The van der Waals surface area contributed by atoms with Gasteiger partial charge in [-0.3, -0.25) is 4.90 Å². The quantitative estimate of drug-likeness (QED) is 0.861. The van der Waals surface area contributed by atoms with Crippen LogP contribution in [0.5, 0.6) is 0 Å². The zero-order valence-corrected chi connectivity index (χ0v) is 12.1. The summed E-state index contributed by atoms with van der Waals surface area (Å²) < 4.78 is 13.2. The Morgan fingerprint density at radius 1 is 1.47 bits per heavy atom. The molecule has 0 aliphatic rings. The Morgan fingerprint density at radius 2 is 2.26 bits per heavy atom. The Hall–Kier alpha value is -1.37. The number of aromatic nitrogens is 1. The molecule has 0 bridgehead atoms. The van der Waals surface area contributed by atoms with E-state index in [1.807, 2.05) is 17.9 Å². The summed E-state index contributed by atoms with van der Waals surface area (Å²) in [6.07, 6.45) is 0. The van der Waals surface area contributed by atoms with Crippen LogP contribution in [0.2, 0.25) is 0 Å². The van der Waals surface area contributed by atoms with Crippen LogP contribution in [0.1, 0.15) is 16.8 Å². The second-order valence-corrected chi connectivity index (χ2v) is 5.48. The maximum absolute atomic E-state index is 13.2. The van der Waals surface area contributed by atoms with Gasteiger partial charge in [-0.2, -0.15) is 0 Å². The predicted octanol–water partition coefficient (Wildman–Crippen LogP) is 2.55. The number of thiocarbonyl (C=S) groups is 1. The second kappa shape index (κ2) is 6.18. The molecule has 2 N–H and O–H groups in total. The van der Waals surface area contributed by atoms with Gasteiger partial charge in [-0.15, -0.1) is 11.3 Å². The van der Waals surface area contributed by atoms with Crippen LogP contribution in [-0.4, -0.2) is 21.9 Å². The van der Waals surface area contributed by atoms with Gasteiger partial charge in [-0.25, -0.2) is 9.37 Å². The lowest BCUT2D eigenvalue weighted by molar-refractivity contribution is 0.315. The third-order valence-electron chi connectivity index (χ3n) is 2.69. The maximum Gasteiger partial charge on any atom is 0.123 e. The smallest absolute Gasteiger partial charge is 0.123 e. The highest BCUT2D eigenvalue weighted by Gasteiger charge is 2.10. The van der Waals surface area contributed by atoms with Gasteiger partial charge >= 0.3 is 0 Å². The van der Waals surface area contributed by atoms with E-state index in [1.165, 1.54) is 12.1 Å². The Labute approximate surface area is 120 Å². The predicted molar refractivity (Wildman–Crippen MR) is 79.6 cm³/mol. The molecule has 0 spiro atoms. The van der Waals surface area contributed by atoms with Crippen molar-refractivity contribution in [3.63, 3.8) is 0 Å². The fraction of sp³-hybridized carbons (Fsp3) is 0.231. The van der Waals surface area contributed by atoms with Gasteiger partial charge in [-0.1, -0.05) is 18.3 Å². The SMILES string of the molecule is CN(Cc1cscn1)Cc1ccc(F)cc1C(N)=S. The van der Waals surface area contributed by atoms with Crippen molar-refractivity contribution in [3.8, 4) is 0 Å². The number of hydrogen-bond donors (Lipinski definition) is 1. The van der Waals surface area contributed by atoms with Crippen LogP contribution in [-0.2, 0) is 13.1 Å². The summed E-state index contributed by atoms with van der Waals surface area (Å²) in [6, 6.07) is 4.53. The van der Waals surface area contributed by atoms with Crippen LogP contribution in [0, 0.1) is 5.82 Å². The van der Waals surface area contributed by atoms with Crippen molar-refractivity contribution >= 4 is 28.5 Å². The van der Waals surface area contributed by atoms with Crippen LogP contribution in [0.3, 0.4) is 0 Å². The average molecular weight is 295 g/mol. The summed E-state index contributed by atoms with van der Waals surface area (Å²) >= 11 is 6.53. The van der Waals surface area contributed by atoms with E-state index in [1.54, 1.807) is 17.4 Å². The van der Waals surface area contributed by atoms with E-state index in [-0.39, 0.29) is 10.8 Å². The fourth-order valence-electron chi connectivity index (χ4n) is 1.85. The third-order valence-corrected chi connectivity index (χ3v) is 3.55. The molecule has 1 heterocycles. The minimum atomic E-state index is -0.325. The summed E-state index contributed by atoms with van der Waals surface area (Å²) in [7, 11) is 1.98. The summed E-state index contributed by atoms with van der Waals surface area (Å²) in [6.45, 7) is 1.38. The van der Waals surface area contributed by atoms with Crippen LogP contribution >= 0.6 is 23.6 Å². The van der Waals surface area contributed by atoms with Crippen LogP contribution in [0.25, 0.3) is 0 Å². The maximum atomic E-state index is 13.2. The lowest BCUT2D eigenvalue weighted by Gasteiger charge is -2.17. The zero-order chi connectivity index (χ0) is 13.8. The lowest BCUT2D eigenvalue weighted by Crippen LogP contribution is -2.21. The molecule has 100 valence electrons. The first-order valence-electron chi connectivity index (χ1n) is 5.70. The van der Waals surface area contributed by atoms with Crippen molar-refractivity contribution in [2.45, 2.75) is 13.1 Å². The Kier molecular flexibility index (Phi) is 4.57. The van der Waals surface area contributed by atoms with Gasteiger partial charge in [0.15, 0.2) is 0 Å². The summed E-state index contributed by atoms with van der Waals surface area (Å²) in [5.74, 6) is -0.325. The third kappa shape index (κ3) is 3.79. The number of nitrogens with zero attached hydrogens (tertiary/aromatic N) is 2. The first kappa shape index (κ1) is 14.0. The van der Waals surface area contributed by atoms with E-state index in [4.69, 9.17) is 18.0 Å². The second-order valence-electron chi connectivity index (χ2n) is 4.32. The molecule has 3 nitrogen and oxygen atoms in total. The van der Waals surface area contributed by atoms with Crippen LogP contribution in [0.4, 0.5) is 4.39 Å². The van der Waals surface area contributed by atoms with Gasteiger partial charge in [0, 0.05) is 24.0 Å². The molecule has 0 amide bonds. The first-order chi connectivity index (χ1) is 9.06. The van der Waals surface area contributed by atoms with E-state index in [0.29, 0.717) is 12.1 Å². The summed E-state index contributed by atoms with van der Waals surface area (Å²) in [5, 5.41) is 2.01. The molecular weight excluding hydrogens is 281 g/mol. The minimum absolute atomic E-state index is 0.219. The van der Waals surface area contributed by atoms with Gasteiger partial charge in [-0.05, 0) is 24.7 Å². The molecular formula is C13H14FN3S2. The number of benzene rings is 1. The number of rotatable bonds is 5. The normalized spacial score (nSPS) is 10.9. The number of hydrogen-bond acceptors (Lipinski definition) is 4. The Morgan fingerprint density at radius 3 is 2.89 bits per heavy atom. The fourth-order valence-corrected chi connectivity index (χ4v) is 2.59. The van der Waals surface area contributed by atoms with Crippen molar-refractivity contribution < 1.29 is 4.39 Å². The number of nitrogens with two attached hydrogens (primary N) is 1. The number of thiazole rings is 1. The molecule has 1 aromatic carbocycles. The lowest BCUT2D eigenvalue weighted by atomic mass is 10.1. The van der Waals surface area contributed by atoms with Gasteiger partial charge < -0.3 is 5.73 Å². The van der Waals surface area contributed by atoms with Crippen molar-refractivity contribution in [1.29, 1.82) is 0 Å². The van der Waals surface area contributed by atoms with Crippen LogP contribution < -0.4 is 5.73 Å². The molecule has 0 radical (unpaired) electrons. The van der Waals surface area contributed by atoms with Crippen molar-refractivity contribution in [2.75, 3.05) is 7.05 Å². The molecule has 0 unspecified atom stereocenters. The summed E-state index contributed by atoms with van der Waals surface area (Å²) in [4.78, 5) is 6.54.